The highest BCUT2D eigenvalue weighted by atomic mass is 16.4. The van der Waals surface area contributed by atoms with E-state index < -0.39 is 0 Å². The zero-order valence-electron chi connectivity index (χ0n) is 69.5. The van der Waals surface area contributed by atoms with Gasteiger partial charge in [0.2, 0.25) is 45.6 Å². The van der Waals surface area contributed by atoms with Crippen molar-refractivity contribution in [2.45, 2.75) is 204 Å². The van der Waals surface area contributed by atoms with E-state index in [9.17, 15) is 0 Å². The molecule has 0 saturated heterocycles. The number of nitrogens with zero attached hydrogens (tertiary/aromatic N) is 8. The van der Waals surface area contributed by atoms with Crippen molar-refractivity contribution < 1.29 is 35.9 Å². The van der Waals surface area contributed by atoms with Crippen LogP contribution in [0.25, 0.3) is 133 Å². The number of benzene rings is 4. The number of aromatic nitrogens is 8. The number of hydrogen-bond donors (Lipinski definition) is 0. The molecule has 0 unspecified atom stereocenters. The van der Waals surface area contributed by atoms with Gasteiger partial charge >= 0.3 is 0 Å². The summed E-state index contributed by atoms with van der Waals surface area (Å²) in [4.78, 5) is 19.4. The molecule has 12 nitrogen and oxygen atoms in total. The second kappa shape index (κ2) is 31.4. The van der Waals surface area contributed by atoms with Crippen LogP contribution in [0.1, 0.15) is 224 Å². The molecule has 2 aliphatic carbocycles. The fraction of sp³-hybridized carbons (Fsp3) is 0.360. The molecule has 0 N–H and O–H groups in total. The Morgan fingerprint density at radius 3 is 1.07 bits per heavy atom. The SMILES string of the molecule is CCc1ccc(-c2c(C)ccc3c2oc2nc(C)ccc23)[n+](C)c1.Cc1ccc2c(oc3nc(C4CCCC4)ccc32)c1-c1cc(C(C)C)cc[n+]1C.Cc1ccc2c(oc3nc(C4CCCCC4)ccc32)c1-c1cc(C(C)C)cc[n+]1C.Cc1ccc2c(oc3nc(CC(C)(C)C)ccc32)c1-c1cc(C(C)C)cc[n+]1C. The molecule has 2 fully saturated rings. The van der Waals surface area contributed by atoms with Gasteiger partial charge in [-0.15, -0.1) is 0 Å². The molecule has 0 bridgehead atoms. The highest BCUT2D eigenvalue weighted by Crippen LogP contribution is 2.44. The van der Waals surface area contributed by atoms with Crippen LogP contribution in [0.4, 0.5) is 0 Å². The van der Waals surface area contributed by atoms with E-state index in [0.29, 0.717) is 35.3 Å². The van der Waals surface area contributed by atoms with Crippen LogP contribution in [-0.2, 0) is 41.0 Å². The van der Waals surface area contributed by atoms with Gasteiger partial charge in [0.05, 0.1) is 22.3 Å². The van der Waals surface area contributed by atoms with Crippen LogP contribution in [0.3, 0.4) is 0 Å². The van der Waals surface area contributed by atoms with E-state index in [0.717, 1.165) is 124 Å². The van der Waals surface area contributed by atoms with E-state index >= 15 is 0 Å². The van der Waals surface area contributed by atoms with Crippen molar-refractivity contribution in [1.82, 2.24) is 19.9 Å². The fourth-order valence-electron chi connectivity index (χ4n) is 17.1. The third-order valence-corrected chi connectivity index (χ3v) is 23.8. The van der Waals surface area contributed by atoms with Crippen molar-refractivity contribution in [3.63, 3.8) is 0 Å². The summed E-state index contributed by atoms with van der Waals surface area (Å²) in [5, 5.41) is 8.96. The van der Waals surface area contributed by atoms with Crippen molar-refractivity contribution in [2.24, 2.45) is 33.6 Å². The quantitative estimate of drug-likeness (QED) is 0.117. The van der Waals surface area contributed by atoms with Gasteiger partial charge in [-0.2, -0.15) is 0 Å². The molecule has 0 aliphatic heterocycles. The predicted octanol–water partition coefficient (Wildman–Crippen LogP) is 24.7. The summed E-state index contributed by atoms with van der Waals surface area (Å²) in [6, 6.07) is 52.7. The van der Waals surface area contributed by atoms with E-state index in [-0.39, 0.29) is 5.41 Å². The van der Waals surface area contributed by atoms with Gasteiger partial charge in [0, 0.05) is 126 Å². The van der Waals surface area contributed by atoms with Gasteiger partial charge in [0.25, 0.3) is 0 Å². The summed E-state index contributed by atoms with van der Waals surface area (Å²) in [6.45, 7) is 32.9. The van der Waals surface area contributed by atoms with Crippen LogP contribution >= 0.6 is 0 Å². The van der Waals surface area contributed by atoms with E-state index in [1.807, 2.05) is 13.0 Å². The summed E-state index contributed by atoms with van der Waals surface area (Å²) < 4.78 is 34.3. The Hall–Kier alpha value is -10.7. The lowest BCUT2D eigenvalue weighted by Gasteiger charge is -2.20. The van der Waals surface area contributed by atoms with Gasteiger partial charge < -0.3 is 17.7 Å². The smallest absolute Gasteiger partial charge is 0.227 e. The number of fused-ring (bicyclic) bond motifs is 12. The molecule has 0 spiro atoms. The van der Waals surface area contributed by atoms with Crippen LogP contribution in [0.2, 0.25) is 0 Å². The molecule has 18 rings (SSSR count). The standard InChI is InChI=1S/C27H31N2O.C26H29N2O.C26H31N2O.C21H21N2O/c1-17(2)20-14-15-29(4)24(16-20)25-18(3)10-11-21-22-12-13-23(19-8-6-5-7-9-19)28-27(22)30-26(21)25;1-16(2)19-13-14-28(4)23(15-19)24-17(3)9-10-20-21-11-12-22(18-7-5-6-8-18)27-26(21)29-25(20)24;1-16(2)18-12-13-28(7)22(14-18)23-17(3)8-10-20-21-11-9-19(15-26(4,5)6)27-25(21)29-24(20)23;1-5-15-8-11-18(23(4)12-15)19-13(2)6-9-16-17-10-7-14(3)22-21(17)24-20(16)19/h10-17,19H,5-9H2,1-4H3;9-16,18H,5-8H2,1-4H3;8-14,16H,15H2,1-7H3;6-12H,5H2,1-4H3/q4*+1. The first-order valence-corrected chi connectivity index (χ1v) is 41.0. The highest BCUT2D eigenvalue weighted by Gasteiger charge is 2.29. The zero-order chi connectivity index (χ0) is 78.7. The summed E-state index contributed by atoms with van der Waals surface area (Å²) in [6.07, 6.45) is 22.2. The number of rotatable bonds is 11. The summed E-state index contributed by atoms with van der Waals surface area (Å²) in [5.41, 5.74) is 31.0. The van der Waals surface area contributed by atoms with Crippen LogP contribution in [0.15, 0.2) is 188 Å². The minimum atomic E-state index is 0.194. The van der Waals surface area contributed by atoms with Gasteiger partial charge in [-0.1, -0.05) is 150 Å². The van der Waals surface area contributed by atoms with Crippen molar-refractivity contribution in [3.05, 3.63) is 238 Å². The number of pyridine rings is 8. The van der Waals surface area contributed by atoms with Crippen molar-refractivity contribution >= 4 is 88.3 Å². The molecule has 2 aliphatic rings. The molecule has 4 aromatic carbocycles. The minimum absolute atomic E-state index is 0.194. The largest absolute Gasteiger partial charge is 0.437 e. The van der Waals surface area contributed by atoms with E-state index in [1.54, 1.807) is 0 Å². The maximum atomic E-state index is 6.48. The normalized spacial score (nSPS) is 13.8. The molecule has 16 aromatic rings. The van der Waals surface area contributed by atoms with Crippen LogP contribution in [0.5, 0.6) is 0 Å². The zero-order valence-corrected chi connectivity index (χ0v) is 69.5. The molecule has 0 radical (unpaired) electrons. The molecule has 12 heteroatoms. The van der Waals surface area contributed by atoms with Gasteiger partial charge in [0.1, 0.15) is 28.2 Å². The fourth-order valence-corrected chi connectivity index (χ4v) is 17.1. The lowest BCUT2D eigenvalue weighted by Crippen LogP contribution is -2.31. The van der Waals surface area contributed by atoms with Gasteiger partial charge in [-0.25, -0.2) is 38.2 Å². The summed E-state index contributed by atoms with van der Waals surface area (Å²) in [7, 11) is 8.41. The van der Waals surface area contributed by atoms with Crippen LogP contribution in [-0.4, -0.2) is 19.9 Å². The molecule has 12 aromatic heterocycles. The predicted molar refractivity (Wildman–Crippen MR) is 458 cm³/mol. The maximum absolute atomic E-state index is 6.48. The van der Waals surface area contributed by atoms with Crippen molar-refractivity contribution in [1.29, 1.82) is 0 Å². The van der Waals surface area contributed by atoms with E-state index in [4.69, 9.17) is 32.6 Å². The molecule has 572 valence electrons. The van der Waals surface area contributed by atoms with Gasteiger partial charge in [0.15, 0.2) is 47.1 Å². The van der Waals surface area contributed by atoms with Crippen LogP contribution in [0, 0.1) is 40.0 Å². The lowest BCUT2D eigenvalue weighted by molar-refractivity contribution is -0.660. The van der Waals surface area contributed by atoms with Gasteiger partial charge in [-0.3, -0.25) is 0 Å². The Morgan fingerprint density at radius 2 is 0.705 bits per heavy atom. The Morgan fingerprint density at radius 1 is 0.366 bits per heavy atom. The van der Waals surface area contributed by atoms with Gasteiger partial charge in [-0.05, 0) is 190 Å². The summed E-state index contributed by atoms with van der Waals surface area (Å²) in [5.74, 6) is 2.62. The number of aryl methyl sites for hydroxylation is 10. The molecule has 2 saturated carbocycles. The average molecular weight is 1490 g/mol. The third-order valence-electron chi connectivity index (χ3n) is 23.8. The Bertz CT molecular complexity index is 6240. The maximum Gasteiger partial charge on any atom is 0.227 e. The van der Waals surface area contributed by atoms with Crippen molar-refractivity contribution in [3.8, 4) is 45.0 Å². The van der Waals surface area contributed by atoms with Crippen LogP contribution < -0.4 is 18.3 Å². The first kappa shape index (κ1) is 76.6. The molecule has 112 heavy (non-hydrogen) atoms. The Balaban J connectivity index is 0.000000118. The molecular formula is C100H112N8O4+4. The first-order chi connectivity index (χ1) is 53.8. The molecule has 12 heterocycles. The number of hydrogen-bond acceptors (Lipinski definition) is 8. The van der Waals surface area contributed by atoms with E-state index in [2.05, 4.69) is 313 Å². The lowest BCUT2D eigenvalue weighted by atomic mass is 9.86. The average Bonchev–Trinajstić information content (AvgIpc) is 1.61. The molecule has 0 amide bonds. The third kappa shape index (κ3) is 15.2. The summed E-state index contributed by atoms with van der Waals surface area (Å²) >= 11 is 0. The molecule has 0 atom stereocenters. The minimum Gasteiger partial charge on any atom is -0.437 e. The second-order valence-electron chi connectivity index (χ2n) is 34.4. The number of furan rings is 4. The first-order valence-electron chi connectivity index (χ1n) is 41.0. The Kier molecular flexibility index (Phi) is 21.5. The second-order valence-corrected chi connectivity index (χ2v) is 34.4. The monoisotopic (exact) mass is 1490 g/mol. The Labute approximate surface area is 660 Å². The highest BCUT2D eigenvalue weighted by molar-refractivity contribution is 6.12. The van der Waals surface area contributed by atoms with E-state index in [1.165, 1.54) is 142 Å². The topological polar surface area (TPSA) is 120 Å². The molecular weight excluding hydrogens is 1380 g/mol. The van der Waals surface area contributed by atoms with Crippen molar-refractivity contribution in [2.75, 3.05) is 0 Å².